The van der Waals surface area contributed by atoms with E-state index in [1.165, 1.54) is 5.57 Å². The number of allylic oxidation sites excluding steroid dienone is 1. The molecule has 5 unspecified atom stereocenters. The molecular formula is C21H33NO3. The number of hydrogen-bond donors (Lipinski definition) is 2. The van der Waals surface area contributed by atoms with E-state index >= 15 is 0 Å². The molecule has 0 spiro atoms. The number of fused-ring (bicyclic) bond motifs is 5. The normalized spacial score (nSPS) is 53.2. The molecule has 0 aromatic rings. The molecular weight excluding hydrogens is 314 g/mol. The Morgan fingerprint density at radius 3 is 2.72 bits per heavy atom. The zero-order valence-electron chi connectivity index (χ0n) is 15.8. The molecule has 4 heteroatoms. The second kappa shape index (κ2) is 5.88. The van der Waals surface area contributed by atoms with Crippen molar-refractivity contribution in [2.24, 2.45) is 39.7 Å². The minimum atomic E-state index is -0.311. The van der Waals surface area contributed by atoms with Crippen LogP contribution in [-0.4, -0.2) is 28.5 Å². The van der Waals surface area contributed by atoms with Crippen molar-refractivity contribution in [2.45, 2.75) is 84.0 Å². The third kappa shape index (κ3) is 2.39. The molecule has 4 aliphatic rings. The second-order valence-electron chi connectivity index (χ2n) is 9.88. The zero-order chi connectivity index (χ0) is 18.0. The highest BCUT2D eigenvalue weighted by Crippen LogP contribution is 2.66. The second-order valence-corrected chi connectivity index (χ2v) is 9.88. The van der Waals surface area contributed by atoms with Gasteiger partial charge < -0.3 is 10.2 Å². The smallest absolute Gasteiger partial charge is 0.0925 e. The van der Waals surface area contributed by atoms with Gasteiger partial charge in [-0.05, 0) is 86.4 Å². The van der Waals surface area contributed by atoms with E-state index in [2.05, 4.69) is 25.1 Å². The molecule has 9 atom stereocenters. The lowest BCUT2D eigenvalue weighted by atomic mass is 9.46. The summed E-state index contributed by atoms with van der Waals surface area (Å²) in [7, 11) is 0. The topological polar surface area (TPSA) is 69.9 Å². The Labute approximate surface area is 151 Å². The molecule has 25 heavy (non-hydrogen) atoms. The van der Waals surface area contributed by atoms with Crippen LogP contribution in [-0.2, 0) is 0 Å². The number of aliphatic hydroxyl groups is 2. The van der Waals surface area contributed by atoms with E-state index in [-0.39, 0.29) is 29.1 Å². The van der Waals surface area contributed by atoms with Gasteiger partial charge in [-0.1, -0.05) is 30.7 Å². The van der Waals surface area contributed by atoms with Gasteiger partial charge >= 0.3 is 0 Å². The maximum atomic E-state index is 11.3. The first-order valence-electron chi connectivity index (χ1n) is 10.2. The van der Waals surface area contributed by atoms with Crippen LogP contribution in [0.15, 0.2) is 16.8 Å². The molecule has 3 fully saturated rings. The summed E-state index contributed by atoms with van der Waals surface area (Å²) in [6, 6.07) is -0.158. The summed E-state index contributed by atoms with van der Waals surface area (Å²) in [6.45, 7) is 6.59. The summed E-state index contributed by atoms with van der Waals surface area (Å²) >= 11 is 0. The fraction of sp³-hybridized carbons (Fsp3) is 0.905. The molecule has 4 aliphatic carbocycles. The molecule has 0 heterocycles. The Hall–Kier alpha value is -0.740. The fourth-order valence-corrected chi connectivity index (χ4v) is 7.68. The number of nitroso groups, excluding NO2 is 1. The third-order valence-electron chi connectivity index (χ3n) is 8.83. The van der Waals surface area contributed by atoms with Gasteiger partial charge in [0.2, 0.25) is 0 Å². The van der Waals surface area contributed by atoms with Crippen LogP contribution in [0.5, 0.6) is 0 Å². The number of hydrogen-bond acceptors (Lipinski definition) is 4. The van der Waals surface area contributed by atoms with Crippen molar-refractivity contribution < 1.29 is 10.2 Å². The average Bonchev–Trinajstić information content (AvgIpc) is 2.91. The Kier molecular flexibility index (Phi) is 4.16. The first kappa shape index (κ1) is 17.7. The third-order valence-corrected chi connectivity index (χ3v) is 8.83. The number of nitrogens with zero attached hydrogens (tertiary/aromatic N) is 1. The molecule has 0 saturated heterocycles. The summed E-state index contributed by atoms with van der Waals surface area (Å²) in [5, 5.41) is 24.7. The molecule has 0 aliphatic heterocycles. The maximum absolute atomic E-state index is 11.3. The highest BCUT2D eigenvalue weighted by molar-refractivity contribution is 5.26. The number of aliphatic hydroxyl groups excluding tert-OH is 2. The van der Waals surface area contributed by atoms with E-state index < -0.39 is 0 Å². The zero-order valence-corrected chi connectivity index (χ0v) is 15.8. The highest BCUT2D eigenvalue weighted by Gasteiger charge is 2.62. The van der Waals surface area contributed by atoms with E-state index in [9.17, 15) is 15.1 Å². The first-order valence-corrected chi connectivity index (χ1v) is 10.2. The quantitative estimate of drug-likeness (QED) is 0.585. The Morgan fingerprint density at radius 2 is 2.00 bits per heavy atom. The van der Waals surface area contributed by atoms with Crippen LogP contribution in [0.4, 0.5) is 0 Å². The Bertz CT molecular complexity index is 590. The highest BCUT2D eigenvalue weighted by atomic mass is 16.3. The predicted molar refractivity (Wildman–Crippen MR) is 97.8 cm³/mol. The van der Waals surface area contributed by atoms with Gasteiger partial charge in [0.15, 0.2) is 0 Å². The van der Waals surface area contributed by atoms with E-state index in [4.69, 9.17) is 0 Å². The molecule has 3 saturated carbocycles. The predicted octanol–water partition coefficient (Wildman–Crippen LogP) is 4.05. The van der Waals surface area contributed by atoms with E-state index in [1.807, 2.05) is 6.92 Å². The van der Waals surface area contributed by atoms with Gasteiger partial charge in [-0.3, -0.25) is 0 Å². The molecule has 4 nitrogen and oxygen atoms in total. The van der Waals surface area contributed by atoms with Gasteiger partial charge in [-0.25, -0.2) is 0 Å². The van der Waals surface area contributed by atoms with Crippen LogP contribution in [0.2, 0.25) is 0 Å². The monoisotopic (exact) mass is 347 g/mol. The molecule has 0 radical (unpaired) electrons. The lowest BCUT2D eigenvalue weighted by Crippen LogP contribution is -2.56. The standard InChI is InChI=1S/C21H33NO3/c1-12(22-25)16-6-7-17-15-5-4-13-10-14(23)8-9-20(13,2)19(15)18(24)11-21(16,17)3/h4,12,14-19,23-24H,5-11H2,1-3H3/t12?,14-,15?,16?,17?,18-,19?,20-,21+/m0/s1. The van der Waals surface area contributed by atoms with Crippen LogP contribution in [0, 0.1) is 39.4 Å². The van der Waals surface area contributed by atoms with Gasteiger partial charge in [0.05, 0.1) is 18.2 Å². The van der Waals surface area contributed by atoms with Gasteiger partial charge in [0, 0.05) is 0 Å². The minimum absolute atomic E-state index is 0.0315. The largest absolute Gasteiger partial charge is 0.393 e. The number of rotatable bonds is 2. The Morgan fingerprint density at radius 1 is 1.24 bits per heavy atom. The molecule has 0 bridgehead atoms. The van der Waals surface area contributed by atoms with Crippen molar-refractivity contribution in [2.75, 3.05) is 0 Å². The summed E-state index contributed by atoms with van der Waals surface area (Å²) in [5.74, 6) is 1.69. The molecule has 0 aromatic heterocycles. The van der Waals surface area contributed by atoms with Crippen molar-refractivity contribution >= 4 is 0 Å². The molecule has 0 aromatic carbocycles. The summed E-state index contributed by atoms with van der Waals surface area (Å²) in [5.41, 5.74) is 1.45. The molecule has 4 rings (SSSR count). The maximum Gasteiger partial charge on any atom is 0.0925 e. The lowest BCUT2D eigenvalue weighted by Gasteiger charge is -2.59. The van der Waals surface area contributed by atoms with E-state index in [0.29, 0.717) is 23.7 Å². The van der Waals surface area contributed by atoms with Gasteiger partial charge in [-0.2, -0.15) is 4.91 Å². The Balaban J connectivity index is 1.69. The van der Waals surface area contributed by atoms with E-state index in [1.54, 1.807) is 0 Å². The summed E-state index contributed by atoms with van der Waals surface area (Å²) in [4.78, 5) is 11.2. The molecule has 140 valence electrons. The van der Waals surface area contributed by atoms with Crippen molar-refractivity contribution in [3.63, 3.8) is 0 Å². The molecule has 2 N–H and O–H groups in total. The summed E-state index contributed by atoms with van der Waals surface area (Å²) in [6.07, 6.45) is 8.53. The lowest BCUT2D eigenvalue weighted by molar-refractivity contribution is -0.126. The molecule has 0 amide bonds. The van der Waals surface area contributed by atoms with Crippen LogP contribution in [0.3, 0.4) is 0 Å². The van der Waals surface area contributed by atoms with E-state index in [0.717, 1.165) is 44.9 Å². The van der Waals surface area contributed by atoms with Gasteiger partial charge in [0.1, 0.15) is 0 Å². The van der Waals surface area contributed by atoms with Crippen molar-refractivity contribution in [1.82, 2.24) is 0 Å². The van der Waals surface area contributed by atoms with Crippen LogP contribution >= 0.6 is 0 Å². The van der Waals surface area contributed by atoms with Gasteiger partial charge in [0.25, 0.3) is 0 Å². The van der Waals surface area contributed by atoms with Crippen molar-refractivity contribution in [3.05, 3.63) is 16.6 Å². The average molecular weight is 347 g/mol. The van der Waals surface area contributed by atoms with Crippen LogP contribution in [0.25, 0.3) is 0 Å². The first-order chi connectivity index (χ1) is 11.8. The minimum Gasteiger partial charge on any atom is -0.393 e. The van der Waals surface area contributed by atoms with Crippen molar-refractivity contribution in [1.29, 1.82) is 0 Å². The summed E-state index contributed by atoms with van der Waals surface area (Å²) < 4.78 is 0. The van der Waals surface area contributed by atoms with Gasteiger partial charge in [-0.15, -0.1) is 0 Å². The SMILES string of the molecule is CC(N=O)C1CCC2C3CC=C4C[C@@H](O)CC[C@]4(C)C3[C@@H](O)C[C@]12C. The fourth-order valence-electron chi connectivity index (χ4n) is 7.68. The van der Waals surface area contributed by atoms with Crippen LogP contribution < -0.4 is 0 Å². The van der Waals surface area contributed by atoms with Crippen LogP contribution in [0.1, 0.15) is 65.7 Å². The van der Waals surface area contributed by atoms with Crippen molar-refractivity contribution in [3.8, 4) is 0 Å².